The fourth-order valence-electron chi connectivity index (χ4n) is 4.22. The summed E-state index contributed by atoms with van der Waals surface area (Å²) in [5.41, 5.74) is 2.34. The van der Waals surface area contributed by atoms with Crippen LogP contribution >= 0.6 is 0 Å². The van der Waals surface area contributed by atoms with Crippen molar-refractivity contribution in [3.05, 3.63) is 77.2 Å². The van der Waals surface area contributed by atoms with Gasteiger partial charge in [0.2, 0.25) is 0 Å². The van der Waals surface area contributed by atoms with Crippen LogP contribution in [0.25, 0.3) is 5.65 Å². The van der Waals surface area contributed by atoms with Crippen LogP contribution in [0.2, 0.25) is 0 Å². The Morgan fingerprint density at radius 2 is 1.72 bits per heavy atom. The summed E-state index contributed by atoms with van der Waals surface area (Å²) in [4.78, 5) is 41.9. The van der Waals surface area contributed by atoms with Crippen LogP contribution in [0.4, 0.5) is 10.1 Å². The summed E-state index contributed by atoms with van der Waals surface area (Å²) < 4.78 is 30.8. The van der Waals surface area contributed by atoms with Gasteiger partial charge in [0.1, 0.15) is 17.1 Å². The maximum absolute atomic E-state index is 13.9. The Morgan fingerprint density at radius 1 is 1.00 bits per heavy atom. The number of amides is 3. The molecule has 0 saturated heterocycles. The molecule has 1 unspecified atom stereocenters. The van der Waals surface area contributed by atoms with E-state index in [1.165, 1.54) is 16.8 Å². The molecular formula is C26H21FN6O6. The van der Waals surface area contributed by atoms with Gasteiger partial charge in [0.05, 0.1) is 11.9 Å². The van der Waals surface area contributed by atoms with Crippen LogP contribution in [-0.2, 0) is 17.9 Å². The highest BCUT2D eigenvalue weighted by molar-refractivity contribution is 5.98. The fraction of sp³-hybridized carbons (Fsp3) is 0.192. The predicted molar refractivity (Wildman–Crippen MR) is 133 cm³/mol. The SMILES string of the molecule is CC1(F)Oc2ccc(CNC(=O)c3cc(C(=O)NCc4ccc5c(c4)NC(=O)CO5)nc4ccnn34)cc2O1. The molecule has 0 fully saturated rings. The quantitative estimate of drug-likeness (QED) is 0.343. The molecule has 0 aliphatic carbocycles. The normalized spacial score (nSPS) is 17.2. The second kappa shape index (κ2) is 9.28. The summed E-state index contributed by atoms with van der Waals surface area (Å²) >= 11 is 0. The lowest BCUT2D eigenvalue weighted by atomic mass is 10.1. The van der Waals surface area contributed by atoms with Crippen molar-refractivity contribution in [1.29, 1.82) is 0 Å². The Balaban J connectivity index is 1.15. The van der Waals surface area contributed by atoms with Crippen molar-refractivity contribution in [2.24, 2.45) is 0 Å². The Labute approximate surface area is 220 Å². The monoisotopic (exact) mass is 532 g/mol. The molecular weight excluding hydrogens is 511 g/mol. The number of nitrogens with zero attached hydrogens (tertiary/aromatic N) is 3. The molecule has 0 bridgehead atoms. The van der Waals surface area contributed by atoms with Crippen molar-refractivity contribution in [1.82, 2.24) is 25.2 Å². The van der Waals surface area contributed by atoms with E-state index in [4.69, 9.17) is 14.2 Å². The molecule has 198 valence electrons. The van der Waals surface area contributed by atoms with E-state index in [0.29, 0.717) is 22.6 Å². The van der Waals surface area contributed by atoms with Crippen molar-refractivity contribution >= 4 is 29.1 Å². The van der Waals surface area contributed by atoms with Gasteiger partial charge in [0.25, 0.3) is 17.7 Å². The lowest BCUT2D eigenvalue weighted by Crippen LogP contribution is -2.28. The molecule has 4 heterocycles. The molecule has 3 N–H and O–H groups in total. The number of halogens is 1. The molecule has 3 amide bonds. The first kappa shape index (κ1) is 24.2. The number of alkyl halides is 1. The van der Waals surface area contributed by atoms with E-state index in [2.05, 4.69) is 26.0 Å². The molecule has 0 saturated carbocycles. The highest BCUT2D eigenvalue weighted by atomic mass is 19.2. The number of carbonyl (C=O) groups excluding carboxylic acids is 3. The summed E-state index contributed by atoms with van der Waals surface area (Å²) in [7, 11) is 0. The Morgan fingerprint density at radius 3 is 2.54 bits per heavy atom. The predicted octanol–water partition coefficient (Wildman–Crippen LogP) is 2.33. The van der Waals surface area contributed by atoms with Gasteiger partial charge in [-0.15, -0.1) is 0 Å². The molecule has 1 atom stereocenters. The summed E-state index contributed by atoms with van der Waals surface area (Å²) in [5, 5.41) is 12.4. The number of hydrogen-bond donors (Lipinski definition) is 3. The van der Waals surface area contributed by atoms with Crippen LogP contribution < -0.4 is 30.2 Å². The van der Waals surface area contributed by atoms with Crippen LogP contribution in [0.15, 0.2) is 54.7 Å². The molecule has 4 aromatic rings. The number of rotatable bonds is 6. The molecule has 0 spiro atoms. The average molecular weight is 532 g/mol. The minimum atomic E-state index is -2.24. The number of fused-ring (bicyclic) bond motifs is 3. The molecule has 13 heteroatoms. The Bertz CT molecular complexity index is 1650. The first-order valence-electron chi connectivity index (χ1n) is 11.9. The van der Waals surface area contributed by atoms with E-state index < -0.39 is 17.9 Å². The molecule has 12 nitrogen and oxygen atoms in total. The zero-order valence-corrected chi connectivity index (χ0v) is 20.5. The molecule has 2 aromatic heterocycles. The van der Waals surface area contributed by atoms with Crippen molar-refractivity contribution in [3.8, 4) is 17.2 Å². The van der Waals surface area contributed by atoms with Crippen LogP contribution in [0.1, 0.15) is 39.0 Å². The van der Waals surface area contributed by atoms with Crippen molar-refractivity contribution in [3.63, 3.8) is 0 Å². The van der Waals surface area contributed by atoms with Gasteiger partial charge < -0.3 is 30.2 Å². The summed E-state index contributed by atoms with van der Waals surface area (Å²) in [5.74, 6) is -0.206. The average Bonchev–Trinajstić information content (AvgIpc) is 3.51. The van der Waals surface area contributed by atoms with Gasteiger partial charge in [0.15, 0.2) is 23.8 Å². The first-order valence-corrected chi connectivity index (χ1v) is 11.9. The van der Waals surface area contributed by atoms with Crippen LogP contribution in [0.5, 0.6) is 17.2 Å². The largest absolute Gasteiger partial charge is 0.482 e. The van der Waals surface area contributed by atoms with Gasteiger partial charge in [-0.1, -0.05) is 12.1 Å². The van der Waals surface area contributed by atoms with Gasteiger partial charge >= 0.3 is 6.04 Å². The topological polar surface area (TPSA) is 145 Å². The molecule has 2 aliphatic heterocycles. The van der Waals surface area contributed by atoms with E-state index in [9.17, 15) is 18.8 Å². The standard InChI is InChI=1S/C26H21FN6O6/c1-26(27)38-20-5-3-15(9-21(20)39-26)12-29-25(36)18-10-17(31-22-6-7-30-33(18)22)24(35)28-11-14-2-4-19-16(8-14)32-23(34)13-37-19/h2-10H,11-13H2,1H3,(H,28,35)(H,29,36)(H,32,34). The Kier molecular flexibility index (Phi) is 5.74. The third kappa shape index (κ3) is 4.89. The van der Waals surface area contributed by atoms with Crippen LogP contribution in [0, 0.1) is 0 Å². The summed E-state index contributed by atoms with van der Waals surface area (Å²) in [6.45, 7) is 1.36. The number of anilines is 1. The zero-order chi connectivity index (χ0) is 27.1. The minimum Gasteiger partial charge on any atom is -0.482 e. The first-order chi connectivity index (χ1) is 18.7. The van der Waals surface area contributed by atoms with Gasteiger partial charge in [0, 0.05) is 32.1 Å². The lowest BCUT2D eigenvalue weighted by molar-refractivity contribution is -0.173. The number of aromatic nitrogens is 3. The number of hydrogen-bond acceptors (Lipinski definition) is 8. The van der Waals surface area contributed by atoms with E-state index in [-0.39, 0.29) is 48.5 Å². The van der Waals surface area contributed by atoms with Gasteiger partial charge in [-0.25, -0.2) is 9.50 Å². The maximum Gasteiger partial charge on any atom is 0.404 e. The molecule has 6 rings (SSSR count). The number of ether oxygens (including phenoxy) is 3. The zero-order valence-electron chi connectivity index (χ0n) is 20.5. The van der Waals surface area contributed by atoms with Gasteiger partial charge in [-0.05, 0) is 35.4 Å². The highest BCUT2D eigenvalue weighted by Crippen LogP contribution is 2.40. The van der Waals surface area contributed by atoms with Crippen LogP contribution in [-0.4, -0.2) is 45.0 Å². The van der Waals surface area contributed by atoms with Gasteiger partial charge in [-0.2, -0.15) is 9.49 Å². The Hall–Kier alpha value is -5.20. The number of benzene rings is 2. The summed E-state index contributed by atoms with van der Waals surface area (Å²) in [6, 6.07) is 10.7. The molecule has 2 aliphatic rings. The highest BCUT2D eigenvalue weighted by Gasteiger charge is 2.36. The maximum atomic E-state index is 13.9. The molecule has 2 aromatic carbocycles. The van der Waals surface area contributed by atoms with Gasteiger partial charge in [-0.3, -0.25) is 14.4 Å². The number of nitrogens with one attached hydrogen (secondary N) is 3. The third-order valence-electron chi connectivity index (χ3n) is 6.00. The van der Waals surface area contributed by atoms with Crippen molar-refractivity contribution in [2.75, 3.05) is 11.9 Å². The second-order valence-electron chi connectivity index (χ2n) is 8.98. The summed E-state index contributed by atoms with van der Waals surface area (Å²) in [6.07, 6.45) is 1.47. The molecule has 0 radical (unpaired) electrons. The third-order valence-corrected chi connectivity index (χ3v) is 6.00. The van der Waals surface area contributed by atoms with Crippen molar-refractivity contribution < 1.29 is 33.0 Å². The van der Waals surface area contributed by atoms with E-state index in [0.717, 1.165) is 12.5 Å². The lowest BCUT2D eigenvalue weighted by Gasteiger charge is -2.18. The van der Waals surface area contributed by atoms with Crippen molar-refractivity contribution in [2.45, 2.75) is 26.1 Å². The van der Waals surface area contributed by atoms with E-state index >= 15 is 0 Å². The molecule has 39 heavy (non-hydrogen) atoms. The second-order valence-corrected chi connectivity index (χ2v) is 8.98. The minimum absolute atomic E-state index is 0.0213. The number of carbonyl (C=O) groups is 3. The van der Waals surface area contributed by atoms with Crippen LogP contribution in [0.3, 0.4) is 0 Å². The van der Waals surface area contributed by atoms with E-state index in [1.807, 2.05) is 0 Å². The fourth-order valence-corrected chi connectivity index (χ4v) is 4.22. The van der Waals surface area contributed by atoms with E-state index in [1.54, 1.807) is 42.5 Å². The smallest absolute Gasteiger partial charge is 0.404 e.